The van der Waals surface area contributed by atoms with Crippen LogP contribution < -0.4 is 15.2 Å². The van der Waals surface area contributed by atoms with Gasteiger partial charge in [0.25, 0.3) is 0 Å². The Morgan fingerprint density at radius 2 is 1.74 bits per heavy atom. The molecule has 0 amide bonds. The lowest BCUT2D eigenvalue weighted by Crippen LogP contribution is -2.20. The summed E-state index contributed by atoms with van der Waals surface area (Å²) >= 11 is 0. The molecule has 6 heteroatoms. The van der Waals surface area contributed by atoms with Gasteiger partial charge >= 0.3 is 5.69 Å². The number of benzene rings is 1. The molecule has 0 saturated heterocycles. The van der Waals surface area contributed by atoms with Crippen molar-refractivity contribution in [3.63, 3.8) is 0 Å². The van der Waals surface area contributed by atoms with Crippen LogP contribution in [0.4, 0.5) is 5.69 Å². The number of hydrogen-bond acceptors (Lipinski definition) is 5. The lowest BCUT2D eigenvalue weighted by atomic mass is 9.91. The summed E-state index contributed by atoms with van der Waals surface area (Å²) in [5.74, 6) is 1.05. The summed E-state index contributed by atoms with van der Waals surface area (Å²) in [6.07, 6.45) is 3.06. The van der Waals surface area contributed by atoms with Crippen LogP contribution in [0.15, 0.2) is 0 Å². The van der Waals surface area contributed by atoms with Crippen LogP contribution in [-0.2, 0) is 19.4 Å². The first-order valence-corrected chi connectivity index (χ1v) is 6.54. The van der Waals surface area contributed by atoms with Gasteiger partial charge in [-0.05, 0) is 25.7 Å². The predicted octanol–water partition coefficient (Wildman–Crippen LogP) is 1.70. The first-order valence-electron chi connectivity index (χ1n) is 6.54. The SMILES string of the molecule is NCc1c2c(c([N+](=O)[O-])c3c1OCCC3)OCCC2. The maximum atomic E-state index is 11.4. The molecule has 0 aromatic heterocycles. The maximum Gasteiger partial charge on any atom is 0.318 e. The first kappa shape index (κ1) is 12.2. The second-order valence-electron chi connectivity index (χ2n) is 4.81. The van der Waals surface area contributed by atoms with E-state index in [0.717, 1.165) is 30.4 Å². The molecule has 0 radical (unpaired) electrons. The van der Waals surface area contributed by atoms with E-state index in [1.165, 1.54) is 0 Å². The van der Waals surface area contributed by atoms with E-state index in [-0.39, 0.29) is 10.6 Å². The fourth-order valence-electron chi connectivity index (χ4n) is 2.93. The van der Waals surface area contributed by atoms with Crippen LogP contribution in [0.25, 0.3) is 0 Å². The zero-order valence-electron chi connectivity index (χ0n) is 10.6. The Balaban J connectivity index is 2.31. The topological polar surface area (TPSA) is 87.6 Å². The molecule has 1 aromatic carbocycles. The highest BCUT2D eigenvalue weighted by Crippen LogP contribution is 2.47. The zero-order valence-corrected chi connectivity index (χ0v) is 10.6. The molecule has 0 aliphatic carbocycles. The molecule has 1 aromatic rings. The third-order valence-corrected chi connectivity index (χ3v) is 3.71. The predicted molar refractivity (Wildman–Crippen MR) is 68.6 cm³/mol. The van der Waals surface area contributed by atoms with Crippen molar-refractivity contribution < 1.29 is 14.4 Å². The van der Waals surface area contributed by atoms with Gasteiger partial charge in [0, 0.05) is 17.7 Å². The number of hydrogen-bond donors (Lipinski definition) is 1. The smallest absolute Gasteiger partial charge is 0.318 e. The van der Waals surface area contributed by atoms with Crippen molar-refractivity contribution in [2.75, 3.05) is 13.2 Å². The number of ether oxygens (including phenoxy) is 2. The van der Waals surface area contributed by atoms with Crippen molar-refractivity contribution in [1.82, 2.24) is 0 Å². The monoisotopic (exact) mass is 264 g/mol. The molecule has 0 fully saturated rings. The minimum atomic E-state index is -0.349. The zero-order chi connectivity index (χ0) is 13.4. The highest BCUT2D eigenvalue weighted by molar-refractivity contribution is 5.68. The molecule has 2 aliphatic heterocycles. The van der Waals surface area contributed by atoms with Gasteiger partial charge in [0.15, 0.2) is 0 Å². The molecule has 2 N–H and O–H groups in total. The van der Waals surface area contributed by atoms with Gasteiger partial charge in [-0.3, -0.25) is 10.1 Å². The Morgan fingerprint density at radius 1 is 1.11 bits per heavy atom. The van der Waals surface area contributed by atoms with E-state index in [9.17, 15) is 10.1 Å². The Hall–Kier alpha value is -1.82. The van der Waals surface area contributed by atoms with Crippen LogP contribution in [0.3, 0.4) is 0 Å². The quantitative estimate of drug-likeness (QED) is 0.649. The van der Waals surface area contributed by atoms with Gasteiger partial charge in [-0.15, -0.1) is 0 Å². The number of nitro benzene ring substituents is 1. The Bertz CT molecular complexity index is 505. The molecule has 6 nitrogen and oxygen atoms in total. The Kier molecular flexibility index (Phi) is 3.02. The van der Waals surface area contributed by atoms with E-state index < -0.39 is 0 Å². The van der Waals surface area contributed by atoms with Crippen LogP contribution >= 0.6 is 0 Å². The third kappa shape index (κ3) is 1.83. The van der Waals surface area contributed by atoms with Gasteiger partial charge in [-0.2, -0.15) is 0 Å². The van der Waals surface area contributed by atoms with Crippen molar-refractivity contribution in [2.24, 2.45) is 5.73 Å². The maximum absolute atomic E-state index is 11.4. The van der Waals surface area contributed by atoms with Gasteiger partial charge in [0.2, 0.25) is 5.75 Å². The van der Waals surface area contributed by atoms with Crippen molar-refractivity contribution in [2.45, 2.75) is 32.2 Å². The molecule has 3 rings (SSSR count). The van der Waals surface area contributed by atoms with Gasteiger partial charge < -0.3 is 15.2 Å². The summed E-state index contributed by atoms with van der Waals surface area (Å²) < 4.78 is 11.2. The van der Waals surface area contributed by atoms with E-state index in [0.29, 0.717) is 43.2 Å². The van der Waals surface area contributed by atoms with Crippen molar-refractivity contribution in [3.05, 3.63) is 26.8 Å². The molecular formula is C13H16N2O4. The fraction of sp³-hybridized carbons (Fsp3) is 0.538. The average molecular weight is 264 g/mol. The average Bonchev–Trinajstić information content (AvgIpc) is 2.44. The summed E-state index contributed by atoms with van der Waals surface area (Å²) in [4.78, 5) is 11.0. The number of rotatable bonds is 2. The fourth-order valence-corrected chi connectivity index (χ4v) is 2.93. The van der Waals surface area contributed by atoms with Crippen molar-refractivity contribution >= 4 is 5.69 Å². The molecule has 0 unspecified atom stereocenters. The molecule has 2 aliphatic rings. The second kappa shape index (κ2) is 4.70. The summed E-state index contributed by atoms with van der Waals surface area (Å²) in [7, 11) is 0. The number of nitro groups is 1. The van der Waals surface area contributed by atoms with E-state index in [1.54, 1.807) is 0 Å². The van der Waals surface area contributed by atoms with Crippen LogP contribution in [0.2, 0.25) is 0 Å². The normalized spacial score (nSPS) is 16.9. The minimum Gasteiger partial charge on any atom is -0.493 e. The summed E-state index contributed by atoms with van der Waals surface area (Å²) in [5.41, 5.74) is 8.30. The number of fused-ring (bicyclic) bond motifs is 2. The molecule has 0 bridgehead atoms. The van der Waals surface area contributed by atoms with Crippen LogP contribution in [0, 0.1) is 10.1 Å². The van der Waals surface area contributed by atoms with E-state index >= 15 is 0 Å². The molecule has 0 saturated carbocycles. The summed E-state index contributed by atoms with van der Waals surface area (Å²) in [6.45, 7) is 1.44. The van der Waals surface area contributed by atoms with Gasteiger partial charge in [-0.1, -0.05) is 0 Å². The van der Waals surface area contributed by atoms with Gasteiger partial charge in [0.1, 0.15) is 5.75 Å². The van der Waals surface area contributed by atoms with Crippen LogP contribution in [-0.4, -0.2) is 18.1 Å². The van der Waals surface area contributed by atoms with E-state index in [1.807, 2.05) is 0 Å². The van der Waals surface area contributed by atoms with Crippen molar-refractivity contribution in [1.29, 1.82) is 0 Å². The highest BCUT2D eigenvalue weighted by atomic mass is 16.6. The van der Waals surface area contributed by atoms with Crippen LogP contribution in [0.5, 0.6) is 11.5 Å². The van der Waals surface area contributed by atoms with Crippen LogP contribution in [0.1, 0.15) is 29.5 Å². The Morgan fingerprint density at radius 3 is 2.37 bits per heavy atom. The van der Waals surface area contributed by atoms with Gasteiger partial charge in [0.05, 0.1) is 23.7 Å². The van der Waals surface area contributed by atoms with E-state index in [4.69, 9.17) is 15.2 Å². The number of nitrogens with zero attached hydrogens (tertiary/aromatic N) is 1. The lowest BCUT2D eigenvalue weighted by molar-refractivity contribution is -0.386. The third-order valence-electron chi connectivity index (χ3n) is 3.71. The van der Waals surface area contributed by atoms with E-state index in [2.05, 4.69) is 0 Å². The molecule has 102 valence electrons. The Labute approximate surface area is 110 Å². The molecule has 2 heterocycles. The number of nitrogens with two attached hydrogens (primary N) is 1. The standard InChI is InChI=1S/C13H16N2O4/c14-7-10-8-3-1-6-19-13(8)11(15(16)17)9-4-2-5-18-12(9)10/h1-7,14H2. The lowest BCUT2D eigenvalue weighted by Gasteiger charge is -2.27. The largest absolute Gasteiger partial charge is 0.493 e. The second-order valence-corrected chi connectivity index (χ2v) is 4.81. The van der Waals surface area contributed by atoms with Crippen molar-refractivity contribution in [3.8, 4) is 11.5 Å². The minimum absolute atomic E-state index is 0.0848. The summed E-state index contributed by atoms with van der Waals surface area (Å²) in [5, 5.41) is 11.4. The molecule has 0 spiro atoms. The highest BCUT2D eigenvalue weighted by Gasteiger charge is 2.34. The molecule has 0 atom stereocenters. The molecule has 19 heavy (non-hydrogen) atoms. The molecular weight excluding hydrogens is 248 g/mol. The summed E-state index contributed by atoms with van der Waals surface area (Å²) in [6, 6.07) is 0. The van der Waals surface area contributed by atoms with Gasteiger partial charge in [-0.25, -0.2) is 0 Å². The first-order chi connectivity index (χ1) is 9.24.